The number of methoxy groups -OCH3 is 1. The van der Waals surface area contributed by atoms with Crippen LogP contribution in [0.2, 0.25) is 0 Å². The van der Waals surface area contributed by atoms with Gasteiger partial charge in [0.05, 0.1) is 6.10 Å². The largest absolute Gasteiger partial charge is 0.381 e. The van der Waals surface area contributed by atoms with Gasteiger partial charge in [0.15, 0.2) is 0 Å². The molecule has 0 saturated carbocycles. The first kappa shape index (κ1) is 18.2. The zero-order valence-corrected chi connectivity index (χ0v) is 15.3. The molecule has 1 N–H and O–H groups in total. The Balaban J connectivity index is 1.60. The number of hydrogen-bond acceptors (Lipinski definition) is 3. The first-order valence-electron chi connectivity index (χ1n) is 9.64. The van der Waals surface area contributed by atoms with Crippen LogP contribution in [0.1, 0.15) is 38.5 Å². The maximum Gasteiger partial charge on any atom is 0.322 e. The summed E-state index contributed by atoms with van der Waals surface area (Å²) in [6.07, 6.45) is 7.24. The van der Waals surface area contributed by atoms with Crippen LogP contribution in [-0.4, -0.2) is 61.3 Å². The smallest absolute Gasteiger partial charge is 0.322 e. The molecule has 0 spiro atoms. The predicted molar refractivity (Wildman–Crippen MR) is 101 cm³/mol. The summed E-state index contributed by atoms with van der Waals surface area (Å²) in [7, 11) is 1.81. The number of piperidine rings is 1. The van der Waals surface area contributed by atoms with E-state index in [1.165, 1.54) is 12.8 Å². The van der Waals surface area contributed by atoms with E-state index in [1.807, 2.05) is 30.3 Å². The molecule has 2 fully saturated rings. The number of anilines is 1. The van der Waals surface area contributed by atoms with Gasteiger partial charge in [-0.2, -0.15) is 0 Å². The van der Waals surface area contributed by atoms with Gasteiger partial charge in [-0.05, 0) is 37.8 Å². The molecule has 138 valence electrons. The van der Waals surface area contributed by atoms with Crippen molar-refractivity contribution < 1.29 is 9.53 Å². The number of nitrogens with zero attached hydrogens (tertiary/aromatic N) is 2. The fourth-order valence-corrected chi connectivity index (χ4v) is 3.98. The standard InChI is InChI=1S/C20H31N3O2/c1-25-19-11-14-22(15-12-19)16-18-10-6-3-7-13-23(18)20(24)21-17-8-4-2-5-9-17/h2,4-5,8-9,18-19H,3,6-7,10-16H2,1H3,(H,21,24). The molecule has 0 radical (unpaired) electrons. The number of para-hydroxylation sites is 1. The van der Waals surface area contributed by atoms with Crippen LogP contribution in [0.25, 0.3) is 0 Å². The summed E-state index contributed by atoms with van der Waals surface area (Å²) in [4.78, 5) is 17.4. The SMILES string of the molecule is COC1CCN(CC2CCCCCN2C(=O)Nc2ccccc2)CC1. The number of benzene rings is 1. The summed E-state index contributed by atoms with van der Waals surface area (Å²) in [6, 6.07) is 10.1. The van der Waals surface area contributed by atoms with E-state index in [9.17, 15) is 4.79 Å². The van der Waals surface area contributed by atoms with Gasteiger partial charge in [-0.3, -0.25) is 0 Å². The predicted octanol–water partition coefficient (Wildman–Crippen LogP) is 3.57. The first-order chi connectivity index (χ1) is 12.3. The molecular formula is C20H31N3O2. The molecule has 0 aliphatic carbocycles. The maximum atomic E-state index is 12.8. The van der Waals surface area contributed by atoms with Crippen LogP contribution in [-0.2, 0) is 4.74 Å². The molecule has 0 bridgehead atoms. The highest BCUT2D eigenvalue weighted by atomic mass is 16.5. The molecule has 1 aromatic rings. The topological polar surface area (TPSA) is 44.8 Å². The molecule has 5 nitrogen and oxygen atoms in total. The normalized spacial score (nSPS) is 23.2. The Morgan fingerprint density at radius 1 is 1.08 bits per heavy atom. The summed E-state index contributed by atoms with van der Waals surface area (Å²) >= 11 is 0. The lowest BCUT2D eigenvalue weighted by molar-refractivity contribution is 0.0336. The van der Waals surface area contributed by atoms with E-state index in [2.05, 4.69) is 15.1 Å². The highest BCUT2D eigenvalue weighted by Crippen LogP contribution is 2.21. The van der Waals surface area contributed by atoms with Gasteiger partial charge in [0.25, 0.3) is 0 Å². The number of carbonyl (C=O) groups is 1. The summed E-state index contributed by atoms with van der Waals surface area (Å²) in [5.41, 5.74) is 0.872. The number of nitrogens with one attached hydrogen (secondary N) is 1. The summed E-state index contributed by atoms with van der Waals surface area (Å²) in [5, 5.41) is 3.07. The van der Waals surface area contributed by atoms with E-state index in [0.717, 1.165) is 57.5 Å². The third-order valence-corrected chi connectivity index (χ3v) is 5.50. The molecule has 1 unspecified atom stereocenters. The van der Waals surface area contributed by atoms with Crippen molar-refractivity contribution in [3.63, 3.8) is 0 Å². The van der Waals surface area contributed by atoms with E-state index in [4.69, 9.17) is 4.74 Å². The van der Waals surface area contributed by atoms with Crippen LogP contribution < -0.4 is 5.32 Å². The molecule has 2 heterocycles. The molecule has 5 heteroatoms. The molecule has 1 atom stereocenters. The summed E-state index contributed by atoms with van der Waals surface area (Å²) in [6.45, 7) is 3.99. The van der Waals surface area contributed by atoms with Gasteiger partial charge in [-0.15, -0.1) is 0 Å². The zero-order valence-electron chi connectivity index (χ0n) is 15.3. The maximum absolute atomic E-state index is 12.8. The molecule has 2 aliphatic heterocycles. The average molecular weight is 345 g/mol. The van der Waals surface area contributed by atoms with Crippen LogP contribution in [0, 0.1) is 0 Å². The van der Waals surface area contributed by atoms with Gasteiger partial charge >= 0.3 is 6.03 Å². The molecule has 2 saturated heterocycles. The number of likely N-dealkylation sites (tertiary alicyclic amines) is 2. The Morgan fingerprint density at radius 3 is 2.56 bits per heavy atom. The van der Waals surface area contributed by atoms with Crippen molar-refractivity contribution in [2.24, 2.45) is 0 Å². The van der Waals surface area contributed by atoms with Crippen LogP contribution in [0.5, 0.6) is 0 Å². The molecule has 2 amide bonds. The van der Waals surface area contributed by atoms with Gasteiger partial charge in [0.2, 0.25) is 0 Å². The Morgan fingerprint density at radius 2 is 1.84 bits per heavy atom. The Bertz CT molecular complexity index is 529. The van der Waals surface area contributed by atoms with E-state index >= 15 is 0 Å². The Kier molecular flexibility index (Phi) is 6.70. The second kappa shape index (κ2) is 9.20. The number of rotatable bonds is 4. The molecule has 25 heavy (non-hydrogen) atoms. The molecule has 1 aromatic carbocycles. The second-order valence-corrected chi connectivity index (χ2v) is 7.23. The van der Waals surface area contributed by atoms with Crippen LogP contribution in [0.3, 0.4) is 0 Å². The van der Waals surface area contributed by atoms with Gasteiger partial charge in [-0.25, -0.2) is 4.79 Å². The number of urea groups is 1. The van der Waals surface area contributed by atoms with Crippen molar-refractivity contribution in [2.45, 2.75) is 50.7 Å². The van der Waals surface area contributed by atoms with Gasteiger partial charge in [-0.1, -0.05) is 31.0 Å². The van der Waals surface area contributed by atoms with Crippen LogP contribution >= 0.6 is 0 Å². The third-order valence-electron chi connectivity index (χ3n) is 5.50. The van der Waals surface area contributed by atoms with Gasteiger partial charge in [0, 0.05) is 45.0 Å². The van der Waals surface area contributed by atoms with Crippen molar-refractivity contribution >= 4 is 11.7 Å². The van der Waals surface area contributed by atoms with E-state index in [0.29, 0.717) is 12.1 Å². The fraction of sp³-hybridized carbons (Fsp3) is 0.650. The second-order valence-electron chi connectivity index (χ2n) is 7.23. The third kappa shape index (κ3) is 5.19. The minimum atomic E-state index is 0.0462. The average Bonchev–Trinajstić information content (AvgIpc) is 2.89. The number of amides is 2. The van der Waals surface area contributed by atoms with Crippen LogP contribution in [0.15, 0.2) is 30.3 Å². The van der Waals surface area contributed by atoms with E-state index in [1.54, 1.807) is 7.11 Å². The lowest BCUT2D eigenvalue weighted by Gasteiger charge is -2.37. The van der Waals surface area contributed by atoms with Gasteiger partial charge in [0.1, 0.15) is 0 Å². The molecule has 2 aliphatic rings. The minimum Gasteiger partial charge on any atom is -0.381 e. The molecule has 0 aromatic heterocycles. The highest BCUT2D eigenvalue weighted by molar-refractivity contribution is 5.89. The Hall–Kier alpha value is -1.59. The van der Waals surface area contributed by atoms with Crippen molar-refractivity contribution in [3.8, 4) is 0 Å². The summed E-state index contributed by atoms with van der Waals surface area (Å²) < 4.78 is 5.47. The quantitative estimate of drug-likeness (QED) is 0.907. The number of ether oxygens (including phenoxy) is 1. The van der Waals surface area contributed by atoms with Crippen molar-refractivity contribution in [3.05, 3.63) is 30.3 Å². The Labute approximate surface area is 151 Å². The van der Waals surface area contributed by atoms with E-state index < -0.39 is 0 Å². The lowest BCUT2D eigenvalue weighted by atomic mass is 10.0. The highest BCUT2D eigenvalue weighted by Gasteiger charge is 2.29. The van der Waals surface area contributed by atoms with Gasteiger partial charge < -0.3 is 19.9 Å². The summed E-state index contributed by atoms with van der Waals surface area (Å²) in [5.74, 6) is 0. The monoisotopic (exact) mass is 345 g/mol. The first-order valence-corrected chi connectivity index (χ1v) is 9.64. The zero-order chi connectivity index (χ0) is 17.5. The number of hydrogen-bond donors (Lipinski definition) is 1. The molecule has 3 rings (SSSR count). The molecular weight excluding hydrogens is 314 g/mol. The lowest BCUT2D eigenvalue weighted by Crippen LogP contribution is -2.50. The fourth-order valence-electron chi connectivity index (χ4n) is 3.98. The number of carbonyl (C=O) groups excluding carboxylic acids is 1. The van der Waals surface area contributed by atoms with Crippen LogP contribution in [0.4, 0.5) is 10.5 Å². The van der Waals surface area contributed by atoms with Crippen molar-refractivity contribution in [2.75, 3.05) is 38.6 Å². The van der Waals surface area contributed by atoms with Crippen molar-refractivity contribution in [1.82, 2.24) is 9.80 Å². The van der Waals surface area contributed by atoms with Crippen molar-refractivity contribution in [1.29, 1.82) is 0 Å². The van der Waals surface area contributed by atoms with E-state index in [-0.39, 0.29) is 6.03 Å². The minimum absolute atomic E-state index is 0.0462.